The van der Waals surface area contributed by atoms with Crippen LogP contribution in [0.25, 0.3) is 0 Å². The van der Waals surface area contributed by atoms with E-state index < -0.39 is 5.82 Å². The lowest BCUT2D eigenvalue weighted by Gasteiger charge is -2.35. The van der Waals surface area contributed by atoms with E-state index in [0.29, 0.717) is 23.1 Å². The summed E-state index contributed by atoms with van der Waals surface area (Å²) in [5.74, 6) is -0.543. The summed E-state index contributed by atoms with van der Waals surface area (Å²) in [6.45, 7) is 1.17. The maximum Gasteiger partial charge on any atom is 0.254 e. The first-order valence-corrected chi connectivity index (χ1v) is 6.89. The largest absolute Gasteiger partial charge is 0.334 e. The molecule has 0 aromatic heterocycles. The molecule has 1 fully saturated rings. The minimum atomic E-state index is -0.415. The van der Waals surface area contributed by atoms with Crippen molar-refractivity contribution < 1.29 is 9.18 Å². The third kappa shape index (κ3) is 2.72. The first kappa shape index (κ1) is 13.5. The second-order valence-electron chi connectivity index (χ2n) is 4.51. The van der Waals surface area contributed by atoms with Gasteiger partial charge >= 0.3 is 0 Å². The summed E-state index contributed by atoms with van der Waals surface area (Å²) >= 11 is 3.08. The maximum atomic E-state index is 13.4. The van der Waals surface area contributed by atoms with Crippen LogP contribution in [0.1, 0.15) is 29.6 Å². The highest BCUT2D eigenvalue weighted by Gasteiger charge is 2.26. The van der Waals surface area contributed by atoms with Crippen LogP contribution in [0.15, 0.2) is 22.7 Å². The Kier molecular flexibility index (Phi) is 4.35. The number of hydrogen-bond donors (Lipinski definition) is 1. The van der Waals surface area contributed by atoms with E-state index in [9.17, 15) is 9.18 Å². The van der Waals surface area contributed by atoms with Gasteiger partial charge in [-0.25, -0.2) is 4.39 Å². The summed E-state index contributed by atoms with van der Waals surface area (Å²) in [7, 11) is 0. The van der Waals surface area contributed by atoms with E-state index >= 15 is 0 Å². The molecule has 1 aliphatic rings. The van der Waals surface area contributed by atoms with Crippen LogP contribution in [0.2, 0.25) is 0 Å². The van der Waals surface area contributed by atoms with E-state index in [2.05, 4.69) is 15.9 Å². The molecule has 1 heterocycles. The highest BCUT2D eigenvalue weighted by Crippen LogP contribution is 2.21. The van der Waals surface area contributed by atoms with Crippen molar-refractivity contribution in [2.45, 2.75) is 25.3 Å². The Hall–Kier alpha value is -0.940. The molecule has 0 bridgehead atoms. The fourth-order valence-electron chi connectivity index (χ4n) is 2.31. The van der Waals surface area contributed by atoms with Crippen LogP contribution in [0, 0.1) is 5.82 Å². The van der Waals surface area contributed by atoms with Crippen molar-refractivity contribution in [3.8, 4) is 0 Å². The van der Waals surface area contributed by atoms with Crippen LogP contribution in [0.4, 0.5) is 4.39 Å². The number of carbonyl (C=O) groups is 1. The molecule has 1 saturated heterocycles. The Labute approximate surface area is 114 Å². The molecule has 1 aromatic rings. The second-order valence-corrected chi connectivity index (χ2v) is 5.37. The summed E-state index contributed by atoms with van der Waals surface area (Å²) < 4.78 is 13.8. The molecular weight excluding hydrogens is 299 g/mol. The van der Waals surface area contributed by atoms with Crippen LogP contribution in [0.5, 0.6) is 0 Å². The van der Waals surface area contributed by atoms with E-state index in [1.165, 1.54) is 6.07 Å². The highest BCUT2D eigenvalue weighted by atomic mass is 79.9. The number of rotatable bonds is 2. The first-order valence-electron chi connectivity index (χ1n) is 6.09. The van der Waals surface area contributed by atoms with Gasteiger partial charge in [-0.15, -0.1) is 0 Å². The number of amides is 1. The van der Waals surface area contributed by atoms with Crippen LogP contribution in [-0.4, -0.2) is 29.9 Å². The summed E-state index contributed by atoms with van der Waals surface area (Å²) in [5.41, 5.74) is 6.07. The molecule has 2 rings (SSSR count). The van der Waals surface area contributed by atoms with Gasteiger partial charge in [0.15, 0.2) is 0 Å². The van der Waals surface area contributed by atoms with Crippen molar-refractivity contribution in [1.29, 1.82) is 0 Å². The maximum absolute atomic E-state index is 13.4. The molecular formula is C13H16BrFN2O. The molecule has 1 aromatic carbocycles. The van der Waals surface area contributed by atoms with Gasteiger partial charge in [-0.2, -0.15) is 0 Å². The fraction of sp³-hybridized carbons (Fsp3) is 0.462. The minimum absolute atomic E-state index is 0.0814. The van der Waals surface area contributed by atoms with E-state index in [4.69, 9.17) is 5.73 Å². The van der Waals surface area contributed by atoms with Crippen LogP contribution in [-0.2, 0) is 0 Å². The zero-order valence-electron chi connectivity index (χ0n) is 10.0. The number of halogens is 2. The molecule has 0 aliphatic carbocycles. The molecule has 1 aliphatic heterocycles. The van der Waals surface area contributed by atoms with Crippen LogP contribution >= 0.6 is 15.9 Å². The Morgan fingerprint density at radius 3 is 2.94 bits per heavy atom. The zero-order valence-corrected chi connectivity index (χ0v) is 11.6. The molecule has 18 heavy (non-hydrogen) atoms. The monoisotopic (exact) mass is 314 g/mol. The van der Waals surface area contributed by atoms with Gasteiger partial charge in [0, 0.05) is 24.7 Å². The van der Waals surface area contributed by atoms with Crippen LogP contribution < -0.4 is 5.73 Å². The molecule has 2 N–H and O–H groups in total. The Morgan fingerprint density at radius 2 is 2.28 bits per heavy atom. The van der Waals surface area contributed by atoms with Gasteiger partial charge < -0.3 is 10.6 Å². The molecule has 0 spiro atoms. The third-order valence-electron chi connectivity index (χ3n) is 3.33. The molecule has 98 valence electrons. The van der Waals surface area contributed by atoms with Gasteiger partial charge in [-0.05, 0) is 53.4 Å². The smallest absolute Gasteiger partial charge is 0.254 e. The highest BCUT2D eigenvalue weighted by molar-refractivity contribution is 9.10. The zero-order chi connectivity index (χ0) is 13.1. The van der Waals surface area contributed by atoms with Crippen molar-refractivity contribution in [3.63, 3.8) is 0 Å². The second kappa shape index (κ2) is 5.80. The molecule has 1 atom stereocenters. The minimum Gasteiger partial charge on any atom is -0.334 e. The van der Waals surface area contributed by atoms with E-state index in [-0.39, 0.29) is 11.9 Å². The lowest BCUT2D eigenvalue weighted by atomic mass is 10.0. The summed E-state index contributed by atoms with van der Waals surface area (Å²) in [4.78, 5) is 14.1. The average molecular weight is 315 g/mol. The summed E-state index contributed by atoms with van der Waals surface area (Å²) in [6, 6.07) is 4.55. The van der Waals surface area contributed by atoms with Gasteiger partial charge in [0.1, 0.15) is 5.82 Å². The SMILES string of the molecule is NCC1CCCCN1C(=O)c1ccc(Br)c(F)c1. The van der Waals surface area contributed by atoms with Crippen molar-refractivity contribution in [2.75, 3.05) is 13.1 Å². The number of benzene rings is 1. The molecule has 0 radical (unpaired) electrons. The molecule has 1 amide bonds. The fourth-order valence-corrected chi connectivity index (χ4v) is 2.55. The van der Waals surface area contributed by atoms with E-state index in [1.807, 2.05) is 0 Å². The standard InChI is InChI=1S/C13H16BrFN2O/c14-11-5-4-9(7-12(11)15)13(18)17-6-2-1-3-10(17)8-16/h4-5,7,10H,1-3,6,8,16H2. The predicted octanol–water partition coefficient (Wildman–Crippen LogP) is 2.54. The van der Waals surface area contributed by atoms with Crippen molar-refractivity contribution in [1.82, 2.24) is 4.90 Å². The van der Waals surface area contributed by atoms with E-state index in [0.717, 1.165) is 19.3 Å². The third-order valence-corrected chi connectivity index (χ3v) is 3.97. The van der Waals surface area contributed by atoms with Crippen molar-refractivity contribution >= 4 is 21.8 Å². The Bertz CT molecular complexity index is 453. The molecule has 0 saturated carbocycles. The average Bonchev–Trinajstić information content (AvgIpc) is 2.41. The van der Waals surface area contributed by atoms with Gasteiger partial charge in [0.25, 0.3) is 5.91 Å². The number of nitrogens with zero attached hydrogens (tertiary/aromatic N) is 1. The number of nitrogens with two attached hydrogens (primary N) is 1. The Morgan fingerprint density at radius 1 is 1.50 bits per heavy atom. The Balaban J connectivity index is 2.21. The topological polar surface area (TPSA) is 46.3 Å². The lowest BCUT2D eigenvalue weighted by Crippen LogP contribution is -2.47. The van der Waals surface area contributed by atoms with Gasteiger partial charge in [-0.1, -0.05) is 0 Å². The predicted molar refractivity (Wildman–Crippen MR) is 71.8 cm³/mol. The van der Waals surface area contributed by atoms with Gasteiger partial charge in [0.05, 0.1) is 4.47 Å². The molecule has 1 unspecified atom stereocenters. The first-order chi connectivity index (χ1) is 8.63. The summed E-state index contributed by atoms with van der Waals surface area (Å²) in [5, 5.41) is 0. The van der Waals surface area contributed by atoms with Gasteiger partial charge in [0.2, 0.25) is 0 Å². The quantitative estimate of drug-likeness (QED) is 0.912. The number of piperidine rings is 1. The number of carbonyl (C=O) groups excluding carboxylic acids is 1. The van der Waals surface area contributed by atoms with Crippen molar-refractivity contribution in [3.05, 3.63) is 34.1 Å². The normalized spacial score (nSPS) is 19.9. The molecule has 3 nitrogen and oxygen atoms in total. The van der Waals surface area contributed by atoms with Gasteiger partial charge in [-0.3, -0.25) is 4.79 Å². The number of hydrogen-bond acceptors (Lipinski definition) is 2. The molecule has 5 heteroatoms. The summed E-state index contributed by atoms with van der Waals surface area (Å²) in [6.07, 6.45) is 3.02. The number of likely N-dealkylation sites (tertiary alicyclic amines) is 1. The van der Waals surface area contributed by atoms with Crippen molar-refractivity contribution in [2.24, 2.45) is 5.73 Å². The lowest BCUT2D eigenvalue weighted by molar-refractivity contribution is 0.0623. The van der Waals surface area contributed by atoms with Crippen LogP contribution in [0.3, 0.4) is 0 Å². The van der Waals surface area contributed by atoms with E-state index in [1.54, 1.807) is 17.0 Å².